The summed E-state index contributed by atoms with van der Waals surface area (Å²) >= 11 is 0. The van der Waals surface area contributed by atoms with E-state index in [1.807, 2.05) is 14.2 Å². The molecule has 2 rings (SSSR count). The summed E-state index contributed by atoms with van der Waals surface area (Å²) in [6.07, 6.45) is 13.4. The summed E-state index contributed by atoms with van der Waals surface area (Å²) < 4.78 is 12.6. The molecule has 2 saturated carbocycles. The zero-order chi connectivity index (χ0) is 14.0. The molecule has 0 atom stereocenters. The normalized spacial score (nSPS) is 27.2. The summed E-state index contributed by atoms with van der Waals surface area (Å²) in [5.41, 5.74) is 0. The summed E-state index contributed by atoms with van der Waals surface area (Å²) in [4.78, 5) is 0. The molecule has 0 aromatic rings. The van der Waals surface area contributed by atoms with Crippen molar-refractivity contribution in [1.82, 2.24) is 0 Å². The van der Waals surface area contributed by atoms with Crippen molar-refractivity contribution in [2.75, 3.05) is 14.2 Å². The van der Waals surface area contributed by atoms with Crippen LogP contribution in [0.5, 0.6) is 0 Å². The topological polar surface area (TPSA) is 18.5 Å². The molecule has 2 aliphatic rings. The Morgan fingerprint density at radius 3 is 1.21 bits per heavy atom. The fourth-order valence-corrected chi connectivity index (χ4v) is 10.7. The van der Waals surface area contributed by atoms with E-state index in [1.54, 1.807) is 0 Å². The van der Waals surface area contributed by atoms with E-state index in [4.69, 9.17) is 8.85 Å². The number of rotatable bonds is 4. The Labute approximate surface area is 120 Å². The minimum atomic E-state index is -2.19. The third-order valence-corrected chi connectivity index (χ3v) is 11.4. The maximum Gasteiger partial charge on any atom is 0.349 e. The molecular formula is C16H32O2Si. The molecule has 2 nitrogen and oxygen atoms in total. The molecule has 0 bridgehead atoms. The molecule has 2 aliphatic carbocycles. The largest absolute Gasteiger partial charge is 0.397 e. The molecule has 0 saturated heterocycles. The second kappa shape index (κ2) is 5.86. The van der Waals surface area contributed by atoms with E-state index in [0.29, 0.717) is 10.1 Å². The number of hydrogen-bond acceptors (Lipinski definition) is 2. The molecule has 19 heavy (non-hydrogen) atoms. The van der Waals surface area contributed by atoms with Crippen LogP contribution in [0, 0.1) is 0 Å². The lowest BCUT2D eigenvalue weighted by Crippen LogP contribution is -2.60. The van der Waals surface area contributed by atoms with Gasteiger partial charge in [0.15, 0.2) is 0 Å². The molecule has 112 valence electrons. The van der Waals surface area contributed by atoms with Crippen LogP contribution in [-0.4, -0.2) is 22.8 Å². The van der Waals surface area contributed by atoms with E-state index in [9.17, 15) is 0 Å². The first-order chi connectivity index (χ1) is 9.04. The first kappa shape index (κ1) is 15.5. The number of hydrogen-bond donors (Lipinski definition) is 0. The molecule has 0 aromatic carbocycles. The molecule has 0 N–H and O–H groups in total. The van der Waals surface area contributed by atoms with Gasteiger partial charge in [-0.05, 0) is 25.7 Å². The Kier molecular flexibility index (Phi) is 4.79. The van der Waals surface area contributed by atoms with E-state index in [0.717, 1.165) is 0 Å². The van der Waals surface area contributed by atoms with Crippen molar-refractivity contribution in [1.29, 1.82) is 0 Å². The Bertz CT molecular complexity index is 261. The van der Waals surface area contributed by atoms with E-state index in [1.165, 1.54) is 64.2 Å². The predicted molar refractivity (Wildman–Crippen MR) is 82.7 cm³/mol. The van der Waals surface area contributed by atoms with E-state index in [2.05, 4.69) is 13.8 Å². The smallest absolute Gasteiger partial charge is 0.349 e. The van der Waals surface area contributed by atoms with Crippen LogP contribution in [0.25, 0.3) is 0 Å². The third-order valence-electron chi connectivity index (χ3n) is 6.08. The van der Waals surface area contributed by atoms with Gasteiger partial charge in [0.25, 0.3) is 0 Å². The molecule has 0 radical (unpaired) electrons. The SMILES string of the molecule is CO[Si](OC)(C1(C)CCCCC1)C1(C)CCCCC1. The van der Waals surface area contributed by atoms with Crippen LogP contribution in [0.2, 0.25) is 10.1 Å². The van der Waals surface area contributed by atoms with Gasteiger partial charge in [-0.1, -0.05) is 52.4 Å². The van der Waals surface area contributed by atoms with E-state index < -0.39 is 8.56 Å². The van der Waals surface area contributed by atoms with Gasteiger partial charge < -0.3 is 8.85 Å². The lowest BCUT2D eigenvalue weighted by molar-refractivity contribution is 0.138. The molecule has 2 fully saturated rings. The minimum Gasteiger partial charge on any atom is -0.397 e. The third kappa shape index (κ3) is 2.42. The molecule has 3 heteroatoms. The monoisotopic (exact) mass is 284 g/mol. The standard InChI is InChI=1S/C16H32O2Si/c1-15(11-7-5-8-12-15)19(17-3,18-4)16(2)13-9-6-10-14-16/h5-14H2,1-4H3. The summed E-state index contributed by atoms with van der Waals surface area (Å²) in [6.45, 7) is 4.93. The van der Waals surface area contributed by atoms with E-state index >= 15 is 0 Å². The van der Waals surface area contributed by atoms with Gasteiger partial charge in [0.1, 0.15) is 0 Å². The van der Waals surface area contributed by atoms with Crippen molar-refractivity contribution in [2.45, 2.75) is 88.1 Å². The summed E-state index contributed by atoms with van der Waals surface area (Å²) in [5, 5.41) is 0.613. The highest BCUT2D eigenvalue weighted by Gasteiger charge is 2.64. The van der Waals surface area contributed by atoms with Crippen molar-refractivity contribution in [3.63, 3.8) is 0 Å². The summed E-state index contributed by atoms with van der Waals surface area (Å²) in [6, 6.07) is 0. The Balaban J connectivity index is 2.35. The lowest BCUT2D eigenvalue weighted by Gasteiger charge is -2.55. The molecule has 0 aliphatic heterocycles. The average Bonchev–Trinajstić information content (AvgIpc) is 2.41. The van der Waals surface area contributed by atoms with Crippen molar-refractivity contribution in [2.24, 2.45) is 0 Å². The highest BCUT2D eigenvalue weighted by Crippen LogP contribution is 2.63. The zero-order valence-corrected chi connectivity index (χ0v) is 14.4. The Morgan fingerprint density at radius 2 is 0.947 bits per heavy atom. The summed E-state index contributed by atoms with van der Waals surface area (Å²) in [7, 11) is 1.66. The van der Waals surface area contributed by atoms with Gasteiger partial charge in [0.05, 0.1) is 0 Å². The molecule has 0 unspecified atom stereocenters. The van der Waals surface area contributed by atoms with Gasteiger partial charge >= 0.3 is 8.56 Å². The second-order valence-electron chi connectivity index (χ2n) is 7.27. The van der Waals surface area contributed by atoms with Gasteiger partial charge in [-0.3, -0.25) is 0 Å². The van der Waals surface area contributed by atoms with Crippen molar-refractivity contribution < 1.29 is 8.85 Å². The Morgan fingerprint density at radius 1 is 0.632 bits per heavy atom. The highest BCUT2D eigenvalue weighted by atomic mass is 28.4. The van der Waals surface area contributed by atoms with Crippen molar-refractivity contribution in [3.05, 3.63) is 0 Å². The fraction of sp³-hybridized carbons (Fsp3) is 1.00. The van der Waals surface area contributed by atoms with Crippen LogP contribution in [0.3, 0.4) is 0 Å². The highest BCUT2D eigenvalue weighted by molar-refractivity contribution is 6.73. The van der Waals surface area contributed by atoms with Crippen LogP contribution in [-0.2, 0) is 8.85 Å². The zero-order valence-electron chi connectivity index (χ0n) is 13.4. The predicted octanol–water partition coefficient (Wildman–Crippen LogP) is 5.17. The first-order valence-electron chi connectivity index (χ1n) is 8.14. The fourth-order valence-electron chi connectivity index (χ4n) is 5.12. The molecule has 0 heterocycles. The first-order valence-corrected chi connectivity index (χ1v) is 9.96. The second-order valence-corrected chi connectivity index (χ2v) is 11.7. The minimum absolute atomic E-state index is 0.306. The molecular weight excluding hydrogens is 252 g/mol. The summed E-state index contributed by atoms with van der Waals surface area (Å²) in [5.74, 6) is 0. The van der Waals surface area contributed by atoms with Gasteiger partial charge in [0, 0.05) is 24.3 Å². The van der Waals surface area contributed by atoms with E-state index in [-0.39, 0.29) is 0 Å². The average molecular weight is 285 g/mol. The quantitative estimate of drug-likeness (QED) is 0.663. The molecule has 0 amide bonds. The Hall–Kier alpha value is 0.137. The molecule has 0 aromatic heterocycles. The van der Waals surface area contributed by atoms with Gasteiger partial charge in [0.2, 0.25) is 0 Å². The van der Waals surface area contributed by atoms with Crippen LogP contribution < -0.4 is 0 Å². The van der Waals surface area contributed by atoms with Gasteiger partial charge in [-0.25, -0.2) is 0 Å². The molecule has 0 spiro atoms. The maximum atomic E-state index is 6.29. The van der Waals surface area contributed by atoms with Crippen LogP contribution in [0.1, 0.15) is 78.1 Å². The van der Waals surface area contributed by atoms with Gasteiger partial charge in [-0.2, -0.15) is 0 Å². The maximum absolute atomic E-state index is 6.29. The van der Waals surface area contributed by atoms with Gasteiger partial charge in [-0.15, -0.1) is 0 Å². The van der Waals surface area contributed by atoms with Crippen molar-refractivity contribution >= 4 is 8.56 Å². The van der Waals surface area contributed by atoms with Crippen LogP contribution in [0.4, 0.5) is 0 Å². The van der Waals surface area contributed by atoms with Crippen LogP contribution >= 0.6 is 0 Å². The lowest BCUT2D eigenvalue weighted by atomic mass is 9.88. The van der Waals surface area contributed by atoms with Crippen LogP contribution in [0.15, 0.2) is 0 Å². The van der Waals surface area contributed by atoms with Crippen molar-refractivity contribution in [3.8, 4) is 0 Å².